The van der Waals surface area contributed by atoms with Crippen LogP contribution in [0.5, 0.6) is 5.75 Å². The maximum Gasteiger partial charge on any atom is 0.212 e. The molecule has 0 N–H and O–H groups in total. The van der Waals surface area contributed by atoms with Crippen LogP contribution in [-0.4, -0.2) is 11.9 Å². The third-order valence-electron chi connectivity index (χ3n) is 2.58. The first kappa shape index (κ1) is 14.0. The summed E-state index contributed by atoms with van der Waals surface area (Å²) in [5.41, 5.74) is 0.871. The molecule has 2 aromatic rings. The van der Waals surface area contributed by atoms with E-state index < -0.39 is 11.9 Å². The minimum atomic E-state index is -0.758. The fourth-order valence-electron chi connectivity index (χ4n) is 1.59. The molecule has 0 radical (unpaired) electrons. The molecular formula is C14H12ClFO2S. The zero-order chi connectivity index (χ0) is 14.0. The predicted octanol–water partition coefficient (Wildman–Crippen LogP) is 4.50. The van der Waals surface area contributed by atoms with Crippen molar-refractivity contribution in [2.24, 2.45) is 0 Å². The van der Waals surface area contributed by atoms with Gasteiger partial charge in [-0.1, -0.05) is 17.7 Å². The summed E-state index contributed by atoms with van der Waals surface area (Å²) in [5.74, 6) is -0.601. The van der Waals surface area contributed by atoms with Gasteiger partial charge in [0.1, 0.15) is 0 Å². The molecule has 5 heteroatoms. The zero-order valence-electron chi connectivity index (χ0n) is 10.4. The van der Waals surface area contributed by atoms with Crippen LogP contribution in [0.25, 0.3) is 0 Å². The van der Waals surface area contributed by atoms with Crippen molar-refractivity contribution in [2.75, 3.05) is 0 Å². The van der Waals surface area contributed by atoms with Crippen molar-refractivity contribution in [3.8, 4) is 5.75 Å². The Balaban J connectivity index is 2.14. The number of benzene rings is 1. The predicted molar refractivity (Wildman–Crippen MR) is 74.9 cm³/mol. The summed E-state index contributed by atoms with van der Waals surface area (Å²) in [6, 6.07) is 7.83. The third kappa shape index (κ3) is 3.33. The number of carbonyl (C=O) groups is 1. The van der Waals surface area contributed by atoms with Crippen molar-refractivity contribution in [2.45, 2.75) is 20.0 Å². The van der Waals surface area contributed by atoms with E-state index in [4.69, 9.17) is 16.3 Å². The zero-order valence-corrected chi connectivity index (χ0v) is 12.0. The molecule has 0 fully saturated rings. The number of rotatable bonds is 4. The Morgan fingerprint density at radius 3 is 2.74 bits per heavy atom. The lowest BCUT2D eigenvalue weighted by atomic mass is 10.2. The van der Waals surface area contributed by atoms with E-state index in [-0.39, 0.29) is 11.5 Å². The maximum atomic E-state index is 13.5. The van der Waals surface area contributed by atoms with Gasteiger partial charge in [-0.15, -0.1) is 11.3 Å². The molecule has 2 nitrogen and oxygen atoms in total. The van der Waals surface area contributed by atoms with Gasteiger partial charge in [0.15, 0.2) is 17.7 Å². The highest BCUT2D eigenvalue weighted by molar-refractivity contribution is 7.18. The van der Waals surface area contributed by atoms with Crippen molar-refractivity contribution in [3.05, 3.63) is 50.9 Å². The SMILES string of the molecule is Cc1ccc(F)c(OC(C)C(=O)c2ccc(Cl)s2)c1. The van der Waals surface area contributed by atoms with Gasteiger partial charge >= 0.3 is 0 Å². The molecule has 0 bridgehead atoms. The Morgan fingerprint density at radius 2 is 2.11 bits per heavy atom. The lowest BCUT2D eigenvalue weighted by molar-refractivity contribution is 0.0816. The van der Waals surface area contributed by atoms with Crippen LogP contribution in [0, 0.1) is 12.7 Å². The number of hydrogen-bond donors (Lipinski definition) is 0. The van der Waals surface area contributed by atoms with Gasteiger partial charge in [-0.05, 0) is 43.7 Å². The molecule has 1 heterocycles. The standard InChI is InChI=1S/C14H12ClFO2S/c1-8-3-4-10(16)11(7-8)18-9(2)14(17)12-5-6-13(15)19-12/h3-7,9H,1-2H3. The van der Waals surface area contributed by atoms with Gasteiger partial charge in [0.2, 0.25) is 5.78 Å². The van der Waals surface area contributed by atoms with Crippen molar-refractivity contribution in [1.29, 1.82) is 0 Å². The Bertz CT molecular complexity index is 609. The molecule has 19 heavy (non-hydrogen) atoms. The normalized spacial score (nSPS) is 12.2. The summed E-state index contributed by atoms with van der Waals surface area (Å²) < 4.78 is 19.5. The summed E-state index contributed by atoms with van der Waals surface area (Å²) in [7, 11) is 0. The molecule has 100 valence electrons. The molecule has 1 unspecified atom stereocenters. The number of carbonyl (C=O) groups excluding carboxylic acids is 1. The van der Waals surface area contributed by atoms with Crippen LogP contribution in [0.1, 0.15) is 22.2 Å². The molecular weight excluding hydrogens is 287 g/mol. The Morgan fingerprint density at radius 1 is 1.37 bits per heavy atom. The molecule has 1 aromatic carbocycles. The molecule has 2 rings (SSSR count). The smallest absolute Gasteiger partial charge is 0.212 e. The third-order valence-corrected chi connectivity index (χ3v) is 3.82. The topological polar surface area (TPSA) is 26.3 Å². The fourth-order valence-corrected chi connectivity index (χ4v) is 2.65. The van der Waals surface area contributed by atoms with E-state index >= 15 is 0 Å². The van der Waals surface area contributed by atoms with Crippen molar-refractivity contribution < 1.29 is 13.9 Å². The number of Topliss-reactive ketones (excluding diaryl/α,β-unsaturated/α-hetero) is 1. The number of ether oxygens (including phenoxy) is 1. The average molecular weight is 299 g/mol. The number of thiophene rings is 1. The summed E-state index contributed by atoms with van der Waals surface area (Å²) >= 11 is 6.97. The molecule has 0 saturated carbocycles. The van der Waals surface area contributed by atoms with Crippen LogP contribution in [-0.2, 0) is 0 Å². The summed E-state index contributed by atoms with van der Waals surface area (Å²) in [6.07, 6.45) is -0.758. The molecule has 0 aliphatic heterocycles. The van der Waals surface area contributed by atoms with Gasteiger partial charge in [0.05, 0.1) is 9.21 Å². The van der Waals surface area contributed by atoms with Crippen molar-refractivity contribution in [1.82, 2.24) is 0 Å². The van der Waals surface area contributed by atoms with Crippen LogP contribution in [0.15, 0.2) is 30.3 Å². The van der Waals surface area contributed by atoms with E-state index in [0.717, 1.165) is 5.56 Å². The summed E-state index contributed by atoms with van der Waals surface area (Å²) in [5, 5.41) is 0. The van der Waals surface area contributed by atoms with E-state index in [1.54, 1.807) is 31.2 Å². The highest BCUT2D eigenvalue weighted by Gasteiger charge is 2.20. The molecule has 1 aromatic heterocycles. The summed E-state index contributed by atoms with van der Waals surface area (Å²) in [4.78, 5) is 12.6. The largest absolute Gasteiger partial charge is 0.479 e. The molecule has 0 amide bonds. The van der Waals surface area contributed by atoms with Gasteiger partial charge < -0.3 is 4.74 Å². The van der Waals surface area contributed by atoms with Crippen LogP contribution >= 0.6 is 22.9 Å². The second kappa shape index (κ2) is 5.72. The van der Waals surface area contributed by atoms with Gasteiger partial charge in [-0.2, -0.15) is 0 Å². The van der Waals surface area contributed by atoms with Crippen LogP contribution in [0.4, 0.5) is 4.39 Å². The van der Waals surface area contributed by atoms with Crippen LogP contribution in [0.3, 0.4) is 0 Å². The van der Waals surface area contributed by atoms with Gasteiger partial charge in [-0.3, -0.25) is 4.79 Å². The first-order chi connectivity index (χ1) is 8.97. The number of aryl methyl sites for hydroxylation is 1. The average Bonchev–Trinajstić information content (AvgIpc) is 2.79. The van der Waals surface area contributed by atoms with E-state index in [1.807, 2.05) is 6.92 Å². The quantitative estimate of drug-likeness (QED) is 0.777. The summed E-state index contributed by atoms with van der Waals surface area (Å²) in [6.45, 7) is 3.43. The molecule has 0 saturated heterocycles. The van der Waals surface area contributed by atoms with E-state index in [0.29, 0.717) is 9.21 Å². The first-order valence-electron chi connectivity index (χ1n) is 5.69. The number of halogens is 2. The van der Waals surface area contributed by atoms with E-state index in [2.05, 4.69) is 0 Å². The van der Waals surface area contributed by atoms with Crippen LogP contribution in [0.2, 0.25) is 4.34 Å². The Labute approximate surface area is 119 Å². The molecule has 1 atom stereocenters. The maximum absolute atomic E-state index is 13.5. The first-order valence-corrected chi connectivity index (χ1v) is 6.89. The van der Waals surface area contributed by atoms with E-state index in [9.17, 15) is 9.18 Å². The Hall–Kier alpha value is -1.39. The number of hydrogen-bond acceptors (Lipinski definition) is 3. The second-order valence-electron chi connectivity index (χ2n) is 4.16. The van der Waals surface area contributed by atoms with Gasteiger partial charge in [-0.25, -0.2) is 4.39 Å². The monoisotopic (exact) mass is 298 g/mol. The van der Waals surface area contributed by atoms with E-state index in [1.165, 1.54) is 17.4 Å². The molecule has 0 aliphatic rings. The minimum Gasteiger partial charge on any atom is -0.479 e. The lowest BCUT2D eigenvalue weighted by Crippen LogP contribution is -2.23. The fraction of sp³-hybridized carbons (Fsp3) is 0.214. The van der Waals surface area contributed by atoms with Gasteiger partial charge in [0.25, 0.3) is 0 Å². The second-order valence-corrected chi connectivity index (χ2v) is 5.88. The molecule has 0 aliphatic carbocycles. The highest BCUT2D eigenvalue weighted by atomic mass is 35.5. The van der Waals surface area contributed by atoms with Crippen molar-refractivity contribution >= 4 is 28.7 Å². The Kier molecular flexibility index (Phi) is 4.22. The van der Waals surface area contributed by atoms with Crippen molar-refractivity contribution in [3.63, 3.8) is 0 Å². The van der Waals surface area contributed by atoms with Crippen LogP contribution < -0.4 is 4.74 Å². The number of ketones is 1. The van der Waals surface area contributed by atoms with Gasteiger partial charge in [0, 0.05) is 0 Å². The lowest BCUT2D eigenvalue weighted by Gasteiger charge is -2.13. The molecule has 0 spiro atoms. The highest BCUT2D eigenvalue weighted by Crippen LogP contribution is 2.25. The minimum absolute atomic E-state index is 0.0866.